The first kappa shape index (κ1) is 17.6. The van der Waals surface area contributed by atoms with Crippen molar-refractivity contribution in [3.63, 3.8) is 0 Å². The Balaban J connectivity index is 1.69. The molecule has 4 rings (SSSR count). The number of fused-ring (bicyclic) bond motifs is 1. The lowest BCUT2D eigenvalue weighted by atomic mass is 10.1. The van der Waals surface area contributed by atoms with E-state index in [1.807, 2.05) is 22.9 Å². The van der Waals surface area contributed by atoms with E-state index in [4.69, 9.17) is 14.6 Å². The molecule has 0 aliphatic carbocycles. The maximum Gasteiger partial charge on any atom is 0.231 e. The number of benzene rings is 2. The predicted molar refractivity (Wildman–Crippen MR) is 106 cm³/mol. The van der Waals surface area contributed by atoms with Gasteiger partial charge in [0.25, 0.3) is 0 Å². The molecule has 1 aliphatic rings. The molecule has 140 valence electrons. The number of hydrogen-bond acceptors (Lipinski definition) is 4. The van der Waals surface area contributed by atoms with Crippen LogP contribution in [0.15, 0.2) is 54.7 Å². The molecule has 0 saturated carbocycles. The molecule has 1 aromatic heterocycles. The number of aromatic nitrogens is 2. The van der Waals surface area contributed by atoms with Gasteiger partial charge in [0, 0.05) is 23.9 Å². The van der Waals surface area contributed by atoms with Crippen molar-refractivity contribution in [3.8, 4) is 22.8 Å². The molecule has 0 saturated heterocycles. The van der Waals surface area contributed by atoms with Crippen LogP contribution in [-0.2, 0) is 13.1 Å². The summed E-state index contributed by atoms with van der Waals surface area (Å²) >= 11 is 0. The third kappa shape index (κ3) is 3.83. The largest absolute Gasteiger partial charge is 0.454 e. The van der Waals surface area contributed by atoms with Crippen molar-refractivity contribution >= 4 is 0 Å². The molecule has 0 fully saturated rings. The van der Waals surface area contributed by atoms with Crippen LogP contribution in [0.4, 0.5) is 0 Å². The van der Waals surface area contributed by atoms with Gasteiger partial charge in [0.2, 0.25) is 6.79 Å². The average Bonchev–Trinajstić information content (AvgIpc) is 3.33. The average molecular weight is 363 g/mol. The van der Waals surface area contributed by atoms with Gasteiger partial charge in [0.05, 0.1) is 12.2 Å². The summed E-state index contributed by atoms with van der Waals surface area (Å²) in [5.74, 6) is 1.59. The van der Waals surface area contributed by atoms with Crippen molar-refractivity contribution in [1.82, 2.24) is 14.7 Å². The molecule has 0 N–H and O–H groups in total. The number of hydrogen-bond donors (Lipinski definition) is 0. The number of rotatable bonds is 7. The summed E-state index contributed by atoms with van der Waals surface area (Å²) in [6.45, 7) is 8.34. The fraction of sp³-hybridized carbons (Fsp3) is 0.318. The van der Waals surface area contributed by atoms with Gasteiger partial charge < -0.3 is 9.47 Å². The van der Waals surface area contributed by atoms with E-state index < -0.39 is 0 Å². The van der Waals surface area contributed by atoms with Crippen molar-refractivity contribution < 1.29 is 9.47 Å². The van der Waals surface area contributed by atoms with Crippen LogP contribution in [0.5, 0.6) is 11.5 Å². The molecule has 0 unspecified atom stereocenters. The van der Waals surface area contributed by atoms with Gasteiger partial charge in [-0.25, -0.2) is 0 Å². The van der Waals surface area contributed by atoms with Gasteiger partial charge in [-0.15, -0.1) is 0 Å². The van der Waals surface area contributed by atoms with Crippen molar-refractivity contribution in [3.05, 3.63) is 65.9 Å². The van der Waals surface area contributed by atoms with Crippen LogP contribution in [0.1, 0.15) is 25.0 Å². The fourth-order valence-electron chi connectivity index (χ4n) is 3.40. The highest BCUT2D eigenvalue weighted by atomic mass is 16.7. The molecule has 0 amide bonds. The first-order valence-electron chi connectivity index (χ1n) is 9.49. The van der Waals surface area contributed by atoms with Crippen molar-refractivity contribution in [1.29, 1.82) is 0 Å². The molecule has 0 bridgehead atoms. The highest BCUT2D eigenvalue weighted by Gasteiger charge is 2.18. The van der Waals surface area contributed by atoms with Crippen molar-refractivity contribution in [2.24, 2.45) is 0 Å². The molecular weight excluding hydrogens is 338 g/mol. The van der Waals surface area contributed by atoms with E-state index >= 15 is 0 Å². The minimum atomic E-state index is 0.285. The minimum Gasteiger partial charge on any atom is -0.454 e. The second-order valence-corrected chi connectivity index (χ2v) is 6.72. The summed E-state index contributed by atoms with van der Waals surface area (Å²) < 4.78 is 13.0. The molecule has 0 spiro atoms. The fourth-order valence-corrected chi connectivity index (χ4v) is 3.40. The molecule has 0 atom stereocenters. The van der Waals surface area contributed by atoms with E-state index in [-0.39, 0.29) is 6.79 Å². The summed E-state index contributed by atoms with van der Waals surface area (Å²) in [6.07, 6.45) is 2.17. The second kappa shape index (κ2) is 7.84. The van der Waals surface area contributed by atoms with Crippen LogP contribution in [0, 0.1) is 0 Å². The normalized spacial score (nSPS) is 12.7. The van der Waals surface area contributed by atoms with E-state index in [0.29, 0.717) is 0 Å². The highest BCUT2D eigenvalue weighted by Crippen LogP contribution is 2.36. The van der Waals surface area contributed by atoms with Gasteiger partial charge >= 0.3 is 0 Å². The maximum absolute atomic E-state index is 5.56. The van der Waals surface area contributed by atoms with Gasteiger partial charge in [0.1, 0.15) is 0 Å². The lowest BCUT2D eigenvalue weighted by Gasteiger charge is -2.17. The first-order chi connectivity index (χ1) is 13.3. The molecule has 1 aliphatic heterocycles. The van der Waals surface area contributed by atoms with Crippen LogP contribution in [0.3, 0.4) is 0 Å². The van der Waals surface area contributed by atoms with E-state index in [1.54, 1.807) is 0 Å². The number of ether oxygens (including phenoxy) is 2. The standard InChI is InChI=1S/C22H25N3O2/c1-3-24(4-2)14-19-15-25(13-17-8-6-5-7-9-17)23-22(19)18-10-11-20-21(12-18)27-16-26-20/h5-12,15H,3-4,13-14,16H2,1-2H3. The van der Waals surface area contributed by atoms with Crippen LogP contribution < -0.4 is 9.47 Å². The molecule has 5 heteroatoms. The third-order valence-electron chi connectivity index (χ3n) is 4.96. The van der Waals surface area contributed by atoms with E-state index in [0.717, 1.165) is 48.9 Å². The molecule has 2 heterocycles. The van der Waals surface area contributed by atoms with Crippen LogP contribution in [0.2, 0.25) is 0 Å². The van der Waals surface area contributed by atoms with Crippen LogP contribution in [0.25, 0.3) is 11.3 Å². The van der Waals surface area contributed by atoms with E-state index in [9.17, 15) is 0 Å². The SMILES string of the molecule is CCN(CC)Cc1cn(Cc2ccccc2)nc1-c1ccc2c(c1)OCO2. The monoisotopic (exact) mass is 363 g/mol. The Hall–Kier alpha value is -2.79. The quantitative estimate of drug-likeness (QED) is 0.632. The van der Waals surface area contributed by atoms with E-state index in [2.05, 4.69) is 55.3 Å². The highest BCUT2D eigenvalue weighted by molar-refractivity contribution is 5.67. The van der Waals surface area contributed by atoms with Crippen LogP contribution >= 0.6 is 0 Å². The summed E-state index contributed by atoms with van der Waals surface area (Å²) in [5.41, 5.74) is 4.55. The summed E-state index contributed by atoms with van der Waals surface area (Å²) in [7, 11) is 0. The topological polar surface area (TPSA) is 39.5 Å². The predicted octanol–water partition coefficient (Wildman–Crippen LogP) is 4.17. The zero-order valence-corrected chi connectivity index (χ0v) is 15.9. The molecule has 3 aromatic rings. The Morgan fingerprint density at radius 1 is 1.00 bits per heavy atom. The summed E-state index contributed by atoms with van der Waals surface area (Å²) in [6, 6.07) is 16.5. The van der Waals surface area contributed by atoms with Gasteiger partial charge in [0.15, 0.2) is 11.5 Å². The zero-order chi connectivity index (χ0) is 18.6. The van der Waals surface area contributed by atoms with Crippen molar-refractivity contribution in [2.45, 2.75) is 26.9 Å². The van der Waals surface area contributed by atoms with E-state index in [1.165, 1.54) is 11.1 Å². The maximum atomic E-state index is 5.56. The molecule has 2 aromatic carbocycles. The third-order valence-corrected chi connectivity index (χ3v) is 4.96. The second-order valence-electron chi connectivity index (χ2n) is 6.72. The van der Waals surface area contributed by atoms with Gasteiger partial charge in [-0.3, -0.25) is 9.58 Å². The smallest absolute Gasteiger partial charge is 0.231 e. The van der Waals surface area contributed by atoms with Gasteiger partial charge in [-0.05, 0) is 36.9 Å². The molecule has 27 heavy (non-hydrogen) atoms. The minimum absolute atomic E-state index is 0.285. The molecule has 0 radical (unpaired) electrons. The lowest BCUT2D eigenvalue weighted by Crippen LogP contribution is -2.22. The molecule has 5 nitrogen and oxygen atoms in total. The Morgan fingerprint density at radius 2 is 1.78 bits per heavy atom. The number of nitrogens with zero attached hydrogens (tertiary/aromatic N) is 3. The summed E-state index contributed by atoms with van der Waals surface area (Å²) in [5, 5.41) is 4.92. The zero-order valence-electron chi connectivity index (χ0n) is 15.9. The van der Waals surface area contributed by atoms with Crippen LogP contribution in [-0.4, -0.2) is 34.6 Å². The Morgan fingerprint density at radius 3 is 2.56 bits per heavy atom. The Bertz CT molecular complexity index is 901. The van der Waals surface area contributed by atoms with Gasteiger partial charge in [-0.1, -0.05) is 44.2 Å². The van der Waals surface area contributed by atoms with Gasteiger partial charge in [-0.2, -0.15) is 5.10 Å². The van der Waals surface area contributed by atoms with Crippen molar-refractivity contribution in [2.75, 3.05) is 19.9 Å². The lowest BCUT2D eigenvalue weighted by molar-refractivity contribution is 0.174. The summed E-state index contributed by atoms with van der Waals surface area (Å²) in [4.78, 5) is 2.40. The first-order valence-corrected chi connectivity index (χ1v) is 9.49. The Labute approximate surface area is 160 Å². The Kier molecular flexibility index (Phi) is 5.12. The molecular formula is C22H25N3O2.